The lowest BCUT2D eigenvalue weighted by Crippen LogP contribution is -2.02. The Labute approximate surface area is 115 Å². The van der Waals surface area contributed by atoms with Crippen molar-refractivity contribution >= 4 is 22.8 Å². The van der Waals surface area contributed by atoms with E-state index in [0.29, 0.717) is 12.3 Å². The topological polar surface area (TPSA) is 48.5 Å². The van der Waals surface area contributed by atoms with E-state index in [1.54, 1.807) is 10.9 Å². The van der Waals surface area contributed by atoms with Gasteiger partial charge in [-0.1, -0.05) is 0 Å². The van der Waals surface area contributed by atoms with Gasteiger partial charge in [-0.15, -0.1) is 11.6 Å². The molecule has 0 spiro atoms. The van der Waals surface area contributed by atoms with Crippen LogP contribution in [0.5, 0.6) is 0 Å². The predicted octanol–water partition coefficient (Wildman–Crippen LogP) is 2.24. The Morgan fingerprint density at radius 2 is 2.16 bits per heavy atom. The third-order valence-electron chi connectivity index (χ3n) is 2.97. The van der Waals surface area contributed by atoms with E-state index >= 15 is 0 Å². The molecule has 0 aliphatic rings. The summed E-state index contributed by atoms with van der Waals surface area (Å²) in [6, 6.07) is 2.03. The summed E-state index contributed by atoms with van der Waals surface area (Å²) in [5.41, 5.74) is 3.80. The summed E-state index contributed by atoms with van der Waals surface area (Å²) in [6.07, 6.45) is 6.30. The molecule has 19 heavy (non-hydrogen) atoms. The van der Waals surface area contributed by atoms with Gasteiger partial charge in [0.15, 0.2) is 5.65 Å². The van der Waals surface area contributed by atoms with Crippen LogP contribution < -0.4 is 0 Å². The molecule has 0 bridgehead atoms. The molecule has 0 amide bonds. The fourth-order valence-corrected chi connectivity index (χ4v) is 2.33. The first-order chi connectivity index (χ1) is 9.19. The van der Waals surface area contributed by atoms with Crippen LogP contribution in [0.2, 0.25) is 0 Å². The van der Waals surface area contributed by atoms with Gasteiger partial charge >= 0.3 is 0 Å². The monoisotopic (exact) mass is 275 g/mol. The van der Waals surface area contributed by atoms with Crippen molar-refractivity contribution in [2.75, 3.05) is 5.88 Å². The molecular weight excluding hydrogens is 262 g/mol. The van der Waals surface area contributed by atoms with Crippen LogP contribution in [0.4, 0.5) is 0 Å². The Kier molecular flexibility index (Phi) is 2.98. The number of hydrogen-bond donors (Lipinski definition) is 0. The number of alkyl halides is 1. The number of pyridine rings is 1. The molecule has 0 N–H and O–H groups in total. The molecule has 3 rings (SSSR count). The van der Waals surface area contributed by atoms with Gasteiger partial charge in [0.05, 0.1) is 11.9 Å². The van der Waals surface area contributed by atoms with Crippen molar-refractivity contribution in [1.29, 1.82) is 0 Å². The summed E-state index contributed by atoms with van der Waals surface area (Å²) in [7, 11) is 1.89. The zero-order chi connectivity index (χ0) is 13.4. The van der Waals surface area contributed by atoms with Crippen LogP contribution in [-0.2, 0) is 13.5 Å². The van der Waals surface area contributed by atoms with Gasteiger partial charge in [-0.05, 0) is 18.6 Å². The van der Waals surface area contributed by atoms with Crippen molar-refractivity contribution in [2.45, 2.75) is 13.3 Å². The van der Waals surface area contributed by atoms with E-state index in [-0.39, 0.29) is 0 Å². The Morgan fingerprint density at radius 3 is 2.84 bits per heavy atom. The smallest absolute Gasteiger partial charge is 0.164 e. The summed E-state index contributed by atoms with van der Waals surface area (Å²) in [5.74, 6) is 1.44. The number of halogens is 1. The average molecular weight is 276 g/mol. The maximum Gasteiger partial charge on any atom is 0.164 e. The van der Waals surface area contributed by atoms with Crippen molar-refractivity contribution in [3.8, 4) is 5.69 Å². The minimum absolute atomic E-state index is 0.530. The van der Waals surface area contributed by atoms with Gasteiger partial charge in [-0.2, -0.15) is 5.10 Å². The molecule has 0 unspecified atom stereocenters. The van der Waals surface area contributed by atoms with E-state index in [9.17, 15) is 0 Å². The van der Waals surface area contributed by atoms with Crippen molar-refractivity contribution in [3.63, 3.8) is 0 Å². The molecule has 5 nitrogen and oxygen atoms in total. The summed E-state index contributed by atoms with van der Waals surface area (Å²) in [5, 5.41) is 4.21. The van der Waals surface area contributed by atoms with Crippen LogP contribution in [0.15, 0.2) is 24.7 Å². The molecule has 0 aliphatic heterocycles. The number of hydrogen-bond acceptors (Lipinski definition) is 3. The SMILES string of the molecule is Cc1cnc2c(c1)nc(CCCl)n2-c1cnn(C)c1. The number of aryl methyl sites for hydroxylation is 3. The van der Waals surface area contributed by atoms with E-state index in [1.807, 2.05) is 37.0 Å². The molecule has 3 aromatic rings. The number of rotatable bonds is 3. The van der Waals surface area contributed by atoms with E-state index in [2.05, 4.69) is 15.1 Å². The van der Waals surface area contributed by atoms with Crippen LogP contribution in [0.25, 0.3) is 16.9 Å². The third-order valence-corrected chi connectivity index (χ3v) is 3.16. The molecule has 3 heterocycles. The molecule has 0 saturated heterocycles. The minimum Gasteiger partial charge on any atom is -0.277 e. The highest BCUT2D eigenvalue weighted by Gasteiger charge is 2.14. The van der Waals surface area contributed by atoms with Gasteiger partial charge in [-0.25, -0.2) is 9.97 Å². The number of fused-ring (bicyclic) bond motifs is 1. The zero-order valence-corrected chi connectivity index (χ0v) is 11.6. The summed E-state index contributed by atoms with van der Waals surface area (Å²) < 4.78 is 3.78. The highest BCUT2D eigenvalue weighted by atomic mass is 35.5. The molecule has 0 aliphatic carbocycles. The number of imidazole rings is 1. The highest BCUT2D eigenvalue weighted by molar-refractivity contribution is 6.17. The average Bonchev–Trinajstić information content (AvgIpc) is 2.92. The van der Waals surface area contributed by atoms with Gasteiger partial charge in [-0.3, -0.25) is 9.25 Å². The van der Waals surface area contributed by atoms with Crippen LogP contribution in [-0.4, -0.2) is 30.2 Å². The molecule has 0 fully saturated rings. The fraction of sp³-hybridized carbons (Fsp3) is 0.308. The summed E-state index contributed by atoms with van der Waals surface area (Å²) in [4.78, 5) is 9.12. The number of aromatic nitrogens is 5. The van der Waals surface area contributed by atoms with Crippen molar-refractivity contribution in [3.05, 3.63) is 36.0 Å². The maximum absolute atomic E-state index is 5.86. The fourth-order valence-electron chi connectivity index (χ4n) is 2.16. The lowest BCUT2D eigenvalue weighted by atomic mass is 10.3. The minimum atomic E-state index is 0.530. The molecule has 0 radical (unpaired) electrons. The van der Waals surface area contributed by atoms with Gasteiger partial charge in [0.25, 0.3) is 0 Å². The predicted molar refractivity (Wildman–Crippen MR) is 74.8 cm³/mol. The molecule has 98 valence electrons. The molecule has 0 saturated carbocycles. The lowest BCUT2D eigenvalue weighted by molar-refractivity contribution is 0.767. The molecule has 0 aromatic carbocycles. The Hall–Kier alpha value is -1.88. The van der Waals surface area contributed by atoms with E-state index in [1.165, 1.54) is 0 Å². The van der Waals surface area contributed by atoms with Crippen LogP contribution >= 0.6 is 11.6 Å². The standard InChI is InChI=1S/C13H14ClN5/c1-9-5-11-13(15-6-9)19(12(17-11)3-4-14)10-7-16-18(2)8-10/h5-8H,3-4H2,1-2H3. The first-order valence-electron chi connectivity index (χ1n) is 6.08. The summed E-state index contributed by atoms with van der Waals surface area (Å²) in [6.45, 7) is 2.01. The Bertz CT molecular complexity index is 728. The third kappa shape index (κ3) is 2.10. The molecule has 0 atom stereocenters. The van der Waals surface area contributed by atoms with Gasteiger partial charge in [0.2, 0.25) is 0 Å². The lowest BCUT2D eigenvalue weighted by Gasteiger charge is -2.04. The Balaban J connectivity index is 2.27. The zero-order valence-electron chi connectivity index (χ0n) is 10.8. The quantitative estimate of drug-likeness (QED) is 0.689. The second-order valence-electron chi connectivity index (χ2n) is 4.53. The normalized spacial score (nSPS) is 11.3. The van der Waals surface area contributed by atoms with Crippen LogP contribution in [0.3, 0.4) is 0 Å². The first-order valence-corrected chi connectivity index (χ1v) is 6.61. The van der Waals surface area contributed by atoms with Crippen molar-refractivity contribution in [1.82, 2.24) is 24.3 Å². The van der Waals surface area contributed by atoms with E-state index < -0.39 is 0 Å². The Morgan fingerprint density at radius 1 is 1.32 bits per heavy atom. The second-order valence-corrected chi connectivity index (χ2v) is 4.91. The van der Waals surface area contributed by atoms with E-state index in [0.717, 1.165) is 28.2 Å². The van der Waals surface area contributed by atoms with Crippen LogP contribution in [0, 0.1) is 6.92 Å². The largest absolute Gasteiger partial charge is 0.277 e. The van der Waals surface area contributed by atoms with Crippen molar-refractivity contribution < 1.29 is 0 Å². The molecule has 3 aromatic heterocycles. The molecular formula is C13H14ClN5. The summed E-state index contributed by atoms with van der Waals surface area (Å²) >= 11 is 5.86. The van der Waals surface area contributed by atoms with Crippen molar-refractivity contribution in [2.24, 2.45) is 7.05 Å². The highest BCUT2D eigenvalue weighted by Crippen LogP contribution is 2.20. The molecule has 6 heteroatoms. The van der Waals surface area contributed by atoms with Crippen LogP contribution in [0.1, 0.15) is 11.4 Å². The van der Waals surface area contributed by atoms with Gasteiger partial charge in [0.1, 0.15) is 11.3 Å². The number of nitrogens with zero attached hydrogens (tertiary/aromatic N) is 5. The maximum atomic E-state index is 5.86. The second kappa shape index (κ2) is 4.66. The first kappa shape index (κ1) is 12.2. The van der Waals surface area contributed by atoms with E-state index in [4.69, 9.17) is 11.6 Å². The van der Waals surface area contributed by atoms with Gasteiger partial charge in [0, 0.05) is 31.7 Å². The van der Waals surface area contributed by atoms with Gasteiger partial charge < -0.3 is 0 Å².